The van der Waals surface area contributed by atoms with Gasteiger partial charge in [0.2, 0.25) is 166 Å². The molecule has 0 aliphatic carbocycles. The topological polar surface area (TPSA) is 1140 Å². The van der Waals surface area contributed by atoms with Crippen LogP contribution in [0, 0.1) is 0 Å². The quantitative estimate of drug-likeness (QED) is 0.0310. The van der Waals surface area contributed by atoms with E-state index in [4.69, 9.17) is 18.9 Å². The molecule has 2 aliphatic rings. The number of nitrogens with zero attached hydrogens (tertiary/aromatic N) is 2. The van der Waals surface area contributed by atoms with Crippen molar-refractivity contribution in [3.63, 3.8) is 0 Å². The van der Waals surface area contributed by atoms with Crippen LogP contribution in [0.25, 0.3) is 0 Å². The molecule has 132 heavy (non-hydrogen) atoms. The predicted octanol–water partition coefficient (Wildman–Crippen LogP) is -67.8. The van der Waals surface area contributed by atoms with Crippen molar-refractivity contribution in [2.45, 2.75) is 110 Å². The Morgan fingerprint density at radius 2 is 0.439 bits per heavy atom. The van der Waals surface area contributed by atoms with Crippen molar-refractivity contribution in [1.29, 1.82) is 0 Å². The van der Waals surface area contributed by atoms with Gasteiger partial charge in [0.05, 0.1) is 26.4 Å². The van der Waals surface area contributed by atoms with Gasteiger partial charge in [0.1, 0.15) is 73.2 Å². The molecule has 0 saturated carbocycles. The zero-order valence-corrected chi connectivity index (χ0v) is 115. The molecule has 0 radical (unpaired) electrons. The van der Waals surface area contributed by atoms with E-state index in [9.17, 15) is 217 Å². The van der Waals surface area contributed by atoms with Crippen molar-refractivity contribution in [3.8, 4) is 0 Å². The summed E-state index contributed by atoms with van der Waals surface area (Å²) in [6.07, 6.45) is -76.2. The molecule has 0 aromatic carbocycles. The Kier molecular flexibility index (Phi) is 97.8. The van der Waals surface area contributed by atoms with Gasteiger partial charge >= 0.3 is 473 Å². The van der Waals surface area contributed by atoms with Gasteiger partial charge in [-0.1, -0.05) is 0 Å². The number of likely N-dealkylation sites (N-methyl/N-ethyl adjacent to an activating group) is 2. The Balaban J connectivity index is -0.000000658. The van der Waals surface area contributed by atoms with E-state index < -0.39 is 338 Å². The molecule has 2 heterocycles. The van der Waals surface area contributed by atoms with Crippen molar-refractivity contribution < 1.29 is 776 Å². The summed E-state index contributed by atoms with van der Waals surface area (Å²) < 4.78 is 660. The van der Waals surface area contributed by atoms with Gasteiger partial charge < -0.3 is 102 Å². The van der Waals surface area contributed by atoms with E-state index in [1.807, 2.05) is 0 Å². The number of hydrogen-bond acceptors (Lipinski definition) is 70. The van der Waals surface area contributed by atoms with Crippen LogP contribution in [0.15, 0.2) is 0 Å². The van der Waals surface area contributed by atoms with Crippen molar-refractivity contribution >= 4 is 178 Å². The molecule has 0 aromatic rings. The van der Waals surface area contributed by atoms with Crippen LogP contribution >= 0.6 is 0 Å². The predicted molar refractivity (Wildman–Crippen MR) is 300 cm³/mol. The van der Waals surface area contributed by atoms with Crippen molar-refractivity contribution in [3.05, 3.63) is 0 Å². The Bertz CT molecular complexity index is 5150. The summed E-state index contributed by atoms with van der Waals surface area (Å²) in [7, 11) is -112. The van der Waals surface area contributed by atoms with Gasteiger partial charge in [0, 0.05) is 27.2 Å². The van der Waals surface area contributed by atoms with Crippen molar-refractivity contribution in [2.24, 2.45) is 0 Å². The number of carbonyl (C=O) groups is 2. The van der Waals surface area contributed by atoms with Gasteiger partial charge in [-0.3, -0.25) is 76.5 Å². The number of hydrogen-bond donors (Lipinski definition) is 0. The molecule has 104 heteroatoms. The number of ether oxygens (including phenoxy) is 4. The minimum absolute atomic E-state index is 0. The third kappa shape index (κ3) is 79.6. The standard InChI is InChI=1S/C28H52N2O70S16.16Na/c1-29(25(31)21(97-113(69,70)71)17(93-109(57,58)59)13(11(89-105(45,46)47)7-83-103(39,40)41)87-27-23(99-115(75,76)77)19(95-111(63,64)65)15(91-107(51,52)53)9(85-27)5-81-101(33,34)35)3-4-30(2)26(32)22(98-114(72,73)74)18(94-110(60,61)62)14(12(90-106(48,49)50)8-84-104(42,43)44)88-28-24(100-116(78,79)80)20(96-112(66,67)68)16(92-108(54,55)56)10(86-28)6-82-102(36,37)38;;;;;;;;;;;;;;;;/h9-24,27-28H,3-8H2,1-2H3,(H,33,34,35)(H,36,37,38)(H,39,40,41)(H,42,43,44)(H,45,46,47)(H,48,49,50)(H,51,52,53)(H,54,55,56)(H,57,58,59)(H,60,61,62)(H,63,64,65)(H,66,67,68)(H,69,70,71)(H,72,73,74)(H,75,76,77)(H,78,79,80);;;;;;;;;;;;;;;;/q;16*+1/p-16/t9-,10-,11-,12-,13-,14-,15+,16+,17+,18+,19+,20+,21-,22-,23-,24-,27+,28+;;;;;;;;;;;;;;;;/m1................/s1. The van der Waals surface area contributed by atoms with Crippen molar-refractivity contribution in [1.82, 2.24) is 9.80 Å². The van der Waals surface area contributed by atoms with E-state index >= 15 is 0 Å². The molecular weight excluding hydrogens is 2370 g/mol. The molecular formula is C28H36N2Na16O70S16. The summed E-state index contributed by atoms with van der Waals surface area (Å²) in [5, 5.41) is 0. The third-order valence-electron chi connectivity index (χ3n) is 12.0. The SMILES string of the molecule is CN(CCN(C)C(=O)[C@H](OS(=O)(=O)[O-])[C@@H](OS(=O)(=O)[O-])[C@H](O[C@@H]1O[C@H](COS(=O)(=O)[O-])[C@H](OS(=O)(=O)[O-])[C@H](OS(=O)(=O)[O-])[C@H]1OS(=O)(=O)[O-])[C@@H](COS(=O)(=O)[O-])OS(=O)(=O)[O-])C(=O)[C@H](OS(=O)(=O)[O-])[C@@H](OS(=O)(=O)[O-])[C@H](O[C@@H]1O[C@H](COS(=O)(=O)[O-])[C@H](OS(=O)(=O)[O-])[C@H](OS(=O)(=O)[O-])[C@H]1OS(=O)(=O)[O-])[C@@H](COS(=O)(=O)[O-])OS(=O)(=O)[O-].[Na+].[Na+].[Na+].[Na+].[Na+].[Na+].[Na+].[Na+].[Na+].[Na+].[Na+].[Na+].[Na+].[Na+].[Na+].[Na+]. The summed E-state index contributed by atoms with van der Waals surface area (Å²) in [6.45, 7) is -15.1. The first-order valence-corrected chi connectivity index (χ1v) is 47.6. The summed E-state index contributed by atoms with van der Waals surface area (Å²) in [5.41, 5.74) is 0. The van der Waals surface area contributed by atoms with Crippen LogP contribution in [0.5, 0.6) is 0 Å². The van der Waals surface area contributed by atoms with Crippen LogP contribution in [0.1, 0.15) is 0 Å². The normalized spacial score (nSPS) is 21.3. The van der Waals surface area contributed by atoms with Gasteiger partial charge in [0.15, 0.2) is 37.0 Å². The summed E-state index contributed by atoms with van der Waals surface area (Å²) in [6, 6.07) is 0. The Morgan fingerprint density at radius 1 is 0.250 bits per heavy atom. The van der Waals surface area contributed by atoms with Crippen molar-refractivity contribution in [2.75, 3.05) is 53.6 Å². The van der Waals surface area contributed by atoms with Crippen LogP contribution in [0.3, 0.4) is 0 Å². The van der Waals surface area contributed by atoms with Gasteiger partial charge in [-0.2, -0.15) is 0 Å². The molecule has 0 unspecified atom stereocenters. The molecule has 0 aromatic heterocycles. The zero-order valence-electron chi connectivity index (χ0n) is 69.6. The Hall–Kier alpha value is 12.7. The van der Waals surface area contributed by atoms with E-state index in [2.05, 4.69) is 66.9 Å². The van der Waals surface area contributed by atoms with Gasteiger partial charge in [0.25, 0.3) is 11.8 Å². The molecule has 2 rings (SSSR count). The van der Waals surface area contributed by atoms with Crippen LogP contribution < -0.4 is 473 Å². The molecule has 0 bridgehead atoms. The van der Waals surface area contributed by atoms with Crippen LogP contribution in [0.2, 0.25) is 0 Å². The minimum atomic E-state index is -7.40. The number of carbonyl (C=O) groups excluding carboxylic acids is 2. The van der Waals surface area contributed by atoms with Gasteiger partial charge in [-0.05, 0) is 0 Å². The van der Waals surface area contributed by atoms with E-state index in [0.29, 0.717) is 0 Å². The first-order chi connectivity index (χ1) is 51.1. The maximum absolute atomic E-state index is 14.6. The van der Waals surface area contributed by atoms with E-state index in [0.717, 1.165) is 0 Å². The summed E-state index contributed by atoms with van der Waals surface area (Å²) in [5.74, 6) is -6.01. The minimum Gasteiger partial charge on any atom is -0.726 e. The molecule has 0 spiro atoms. The largest absolute Gasteiger partial charge is 1.00 e. The molecule has 18 atom stereocenters. The number of amides is 2. The van der Waals surface area contributed by atoms with Crippen LogP contribution in [-0.2, 0) is 262 Å². The van der Waals surface area contributed by atoms with E-state index in [-0.39, 0.29) is 487 Å². The fourth-order valence-electron chi connectivity index (χ4n) is 8.55. The number of rotatable bonds is 51. The monoisotopic (exact) mass is 2400 g/mol. The molecule has 0 N–H and O–H groups in total. The summed E-state index contributed by atoms with van der Waals surface area (Å²) >= 11 is 0. The summed E-state index contributed by atoms with van der Waals surface area (Å²) in [4.78, 5) is 27.9. The van der Waals surface area contributed by atoms with Crippen LogP contribution in [0.4, 0.5) is 0 Å². The molecule has 2 aliphatic heterocycles. The smallest absolute Gasteiger partial charge is 0.726 e. The zero-order chi connectivity index (χ0) is 91.1. The first kappa shape index (κ1) is 178. The van der Waals surface area contributed by atoms with E-state index in [1.165, 1.54) is 0 Å². The molecule has 72 nitrogen and oxygen atoms in total. The molecule has 2 amide bonds. The second-order valence-corrected chi connectivity index (χ2v) is 36.6. The molecule has 2 saturated heterocycles. The maximum Gasteiger partial charge on any atom is 1.00 e. The molecule has 690 valence electrons. The Morgan fingerprint density at radius 3 is 0.621 bits per heavy atom. The average Bonchev–Trinajstić information content (AvgIpc) is 0.764. The second kappa shape index (κ2) is 72.6. The first-order valence-electron chi connectivity index (χ1n) is 26.3. The third-order valence-corrected chi connectivity index (χ3v) is 19.2. The Labute approximate surface area is 1100 Å². The van der Waals surface area contributed by atoms with Gasteiger partial charge in [-0.15, -0.1) is 0 Å². The van der Waals surface area contributed by atoms with E-state index in [1.54, 1.807) is 0 Å². The fourth-order valence-corrected chi connectivity index (χ4v) is 15.5. The molecule has 2 fully saturated rings. The fraction of sp³-hybridized carbons (Fsp3) is 0.929. The maximum atomic E-state index is 14.6. The van der Waals surface area contributed by atoms with Crippen LogP contribution in [-0.4, -0.2) is 393 Å². The van der Waals surface area contributed by atoms with Gasteiger partial charge in [-0.25, -0.2) is 135 Å². The average molecular weight is 2400 g/mol. The second-order valence-electron chi connectivity index (χ2n) is 20.3.